The van der Waals surface area contributed by atoms with E-state index in [9.17, 15) is 0 Å². The maximum atomic E-state index is 5.83. The van der Waals surface area contributed by atoms with Gasteiger partial charge in [0, 0.05) is 17.2 Å². The van der Waals surface area contributed by atoms with Crippen LogP contribution in [0.5, 0.6) is 0 Å². The molecule has 0 fully saturated rings. The number of nitrogens with zero attached hydrogens (tertiary/aromatic N) is 1. The minimum Gasteiger partial charge on any atom is -0.370 e. The Morgan fingerprint density at radius 3 is 2.29 bits per heavy atom. The molecule has 0 aliphatic heterocycles. The molecule has 2 aromatic carbocycles. The molecule has 21 heavy (non-hydrogen) atoms. The maximum Gasteiger partial charge on any atom is 0.188 e. The van der Waals surface area contributed by atoms with Crippen LogP contribution >= 0.6 is 35.7 Å². The maximum absolute atomic E-state index is 5.83. The monoisotopic (exact) mass is 413 g/mol. The van der Waals surface area contributed by atoms with Crippen LogP contribution in [0.1, 0.15) is 5.56 Å². The summed E-state index contributed by atoms with van der Waals surface area (Å²) in [5, 5.41) is 3.13. The SMILES string of the molecule is I.NC(=NCc1ccccc1)NCCSc1ccccc1. The summed E-state index contributed by atoms with van der Waals surface area (Å²) < 4.78 is 0. The van der Waals surface area contributed by atoms with Crippen molar-refractivity contribution in [1.82, 2.24) is 5.32 Å². The Balaban J connectivity index is 0.00000220. The van der Waals surface area contributed by atoms with Crippen molar-refractivity contribution in [3.05, 3.63) is 66.2 Å². The summed E-state index contributed by atoms with van der Waals surface area (Å²) in [4.78, 5) is 5.59. The summed E-state index contributed by atoms with van der Waals surface area (Å²) in [5.74, 6) is 1.47. The average molecular weight is 413 g/mol. The summed E-state index contributed by atoms with van der Waals surface area (Å²) in [6.45, 7) is 1.43. The Hall–Kier alpha value is -1.21. The fourth-order valence-electron chi connectivity index (χ4n) is 1.68. The zero-order chi connectivity index (χ0) is 14.0. The van der Waals surface area contributed by atoms with E-state index in [0.717, 1.165) is 17.9 Å². The highest BCUT2D eigenvalue weighted by Crippen LogP contribution is 2.15. The van der Waals surface area contributed by atoms with Crippen LogP contribution in [-0.2, 0) is 6.54 Å². The van der Waals surface area contributed by atoms with Gasteiger partial charge in [0.05, 0.1) is 6.54 Å². The van der Waals surface area contributed by atoms with Crippen LogP contribution in [0, 0.1) is 0 Å². The third kappa shape index (κ3) is 7.38. The molecule has 3 nitrogen and oxygen atoms in total. The molecule has 0 aromatic heterocycles. The number of nitrogens with two attached hydrogens (primary N) is 1. The first-order valence-electron chi connectivity index (χ1n) is 6.60. The number of hydrogen-bond donors (Lipinski definition) is 2. The summed E-state index contributed by atoms with van der Waals surface area (Å²) in [6, 6.07) is 20.4. The Kier molecular flexibility index (Phi) is 8.93. The summed E-state index contributed by atoms with van der Waals surface area (Å²) in [7, 11) is 0. The minimum absolute atomic E-state index is 0. The smallest absolute Gasteiger partial charge is 0.188 e. The highest BCUT2D eigenvalue weighted by molar-refractivity contribution is 14.0. The fraction of sp³-hybridized carbons (Fsp3) is 0.188. The highest BCUT2D eigenvalue weighted by Gasteiger charge is 1.95. The normalized spacial score (nSPS) is 10.8. The van der Waals surface area contributed by atoms with E-state index in [1.807, 2.05) is 48.5 Å². The van der Waals surface area contributed by atoms with Crippen molar-refractivity contribution in [1.29, 1.82) is 0 Å². The van der Waals surface area contributed by atoms with Crippen molar-refractivity contribution < 1.29 is 0 Å². The van der Waals surface area contributed by atoms with Crippen LogP contribution in [0.4, 0.5) is 0 Å². The van der Waals surface area contributed by atoms with Gasteiger partial charge in [-0.2, -0.15) is 0 Å². The lowest BCUT2D eigenvalue weighted by atomic mass is 10.2. The first-order chi connectivity index (χ1) is 9.84. The number of guanidine groups is 1. The van der Waals surface area contributed by atoms with Crippen LogP contribution in [0.25, 0.3) is 0 Å². The van der Waals surface area contributed by atoms with Crippen molar-refractivity contribution in [2.45, 2.75) is 11.4 Å². The third-order valence-electron chi connectivity index (χ3n) is 2.69. The zero-order valence-electron chi connectivity index (χ0n) is 11.7. The van der Waals surface area contributed by atoms with Crippen LogP contribution in [0.3, 0.4) is 0 Å². The van der Waals surface area contributed by atoms with E-state index >= 15 is 0 Å². The van der Waals surface area contributed by atoms with Crippen LogP contribution in [0.15, 0.2) is 70.6 Å². The summed E-state index contributed by atoms with van der Waals surface area (Å²) in [6.07, 6.45) is 0. The molecule has 0 aliphatic rings. The van der Waals surface area contributed by atoms with Crippen molar-refractivity contribution in [2.24, 2.45) is 10.7 Å². The predicted octanol–water partition coefficient (Wildman–Crippen LogP) is 3.50. The fourth-order valence-corrected chi connectivity index (χ4v) is 2.47. The van der Waals surface area contributed by atoms with E-state index in [1.165, 1.54) is 4.90 Å². The van der Waals surface area contributed by atoms with Gasteiger partial charge in [0.1, 0.15) is 0 Å². The number of hydrogen-bond acceptors (Lipinski definition) is 2. The second kappa shape index (κ2) is 10.5. The van der Waals surface area contributed by atoms with E-state index in [0.29, 0.717) is 12.5 Å². The van der Waals surface area contributed by atoms with E-state index in [-0.39, 0.29) is 24.0 Å². The van der Waals surface area contributed by atoms with Gasteiger partial charge in [-0.15, -0.1) is 35.7 Å². The van der Waals surface area contributed by atoms with Gasteiger partial charge in [0.25, 0.3) is 0 Å². The molecule has 3 N–H and O–H groups in total. The molecule has 0 aliphatic carbocycles. The van der Waals surface area contributed by atoms with Crippen molar-refractivity contribution in [3.8, 4) is 0 Å². The molecular weight excluding hydrogens is 393 g/mol. The molecular formula is C16H20IN3S. The lowest BCUT2D eigenvalue weighted by Gasteiger charge is -2.05. The highest BCUT2D eigenvalue weighted by atomic mass is 127. The second-order valence-corrected chi connectivity index (χ2v) is 5.44. The lowest BCUT2D eigenvalue weighted by molar-refractivity contribution is 0.932. The molecule has 0 radical (unpaired) electrons. The molecule has 0 saturated carbocycles. The Morgan fingerprint density at radius 1 is 1.00 bits per heavy atom. The van der Waals surface area contributed by atoms with Gasteiger partial charge in [0.2, 0.25) is 0 Å². The van der Waals surface area contributed by atoms with E-state index in [1.54, 1.807) is 11.8 Å². The Morgan fingerprint density at radius 2 is 1.62 bits per heavy atom. The average Bonchev–Trinajstić information content (AvgIpc) is 2.52. The van der Waals surface area contributed by atoms with Gasteiger partial charge in [-0.05, 0) is 17.7 Å². The number of rotatable bonds is 6. The molecule has 5 heteroatoms. The van der Waals surface area contributed by atoms with Gasteiger partial charge in [-0.3, -0.25) is 0 Å². The van der Waals surface area contributed by atoms with E-state index < -0.39 is 0 Å². The predicted molar refractivity (Wildman–Crippen MR) is 102 cm³/mol. The van der Waals surface area contributed by atoms with Crippen LogP contribution < -0.4 is 11.1 Å². The topological polar surface area (TPSA) is 50.4 Å². The van der Waals surface area contributed by atoms with Gasteiger partial charge in [0.15, 0.2) is 5.96 Å². The summed E-state index contributed by atoms with van der Waals surface area (Å²) >= 11 is 1.80. The van der Waals surface area contributed by atoms with Gasteiger partial charge < -0.3 is 11.1 Å². The van der Waals surface area contributed by atoms with Gasteiger partial charge in [-0.1, -0.05) is 48.5 Å². The molecule has 0 bridgehead atoms. The quantitative estimate of drug-likeness (QED) is 0.251. The molecule has 112 valence electrons. The minimum atomic E-state index is 0. The Labute approximate surface area is 147 Å². The second-order valence-electron chi connectivity index (χ2n) is 4.28. The van der Waals surface area contributed by atoms with E-state index in [4.69, 9.17) is 5.73 Å². The number of nitrogens with one attached hydrogen (secondary N) is 1. The van der Waals surface area contributed by atoms with E-state index in [2.05, 4.69) is 22.4 Å². The molecule has 0 atom stereocenters. The first-order valence-corrected chi connectivity index (χ1v) is 7.59. The number of thioether (sulfide) groups is 1. The van der Waals surface area contributed by atoms with Crippen molar-refractivity contribution >= 4 is 41.7 Å². The van der Waals surface area contributed by atoms with Crippen molar-refractivity contribution in [2.75, 3.05) is 12.3 Å². The van der Waals surface area contributed by atoms with Crippen molar-refractivity contribution in [3.63, 3.8) is 0 Å². The molecule has 0 unspecified atom stereocenters. The van der Waals surface area contributed by atoms with Crippen LogP contribution in [0.2, 0.25) is 0 Å². The third-order valence-corrected chi connectivity index (χ3v) is 3.71. The summed E-state index contributed by atoms with van der Waals surface area (Å²) in [5.41, 5.74) is 6.99. The number of aliphatic imine (C=N–C) groups is 1. The van der Waals surface area contributed by atoms with Gasteiger partial charge in [-0.25, -0.2) is 4.99 Å². The largest absolute Gasteiger partial charge is 0.370 e. The first kappa shape index (κ1) is 17.8. The molecule has 0 heterocycles. The molecule has 0 saturated heterocycles. The van der Waals surface area contributed by atoms with Crippen LogP contribution in [-0.4, -0.2) is 18.3 Å². The number of benzene rings is 2. The zero-order valence-corrected chi connectivity index (χ0v) is 14.9. The molecule has 2 rings (SSSR count). The lowest BCUT2D eigenvalue weighted by Crippen LogP contribution is -2.33. The van der Waals surface area contributed by atoms with Gasteiger partial charge >= 0.3 is 0 Å². The Bertz CT molecular complexity index is 532. The molecule has 2 aromatic rings. The number of halogens is 1. The molecule has 0 spiro atoms. The standard InChI is InChI=1S/C16H19N3S.HI/c17-16(19-13-14-7-3-1-4-8-14)18-11-12-20-15-9-5-2-6-10-15;/h1-10H,11-13H2,(H3,17,18,19);1H. The molecule has 0 amide bonds.